The average Bonchev–Trinajstić information content (AvgIpc) is 2.83. The second kappa shape index (κ2) is 11.5. The van der Waals surface area contributed by atoms with E-state index < -0.39 is 47.2 Å². The zero-order valence-electron chi connectivity index (χ0n) is 20.2. The number of pyridine rings is 1. The largest absolute Gasteiger partial charge is 0.456 e. The summed E-state index contributed by atoms with van der Waals surface area (Å²) in [4.78, 5) is 28.8. The molecule has 0 aliphatic carbocycles. The van der Waals surface area contributed by atoms with Crippen LogP contribution in [0.4, 0.5) is 8.78 Å². The summed E-state index contributed by atoms with van der Waals surface area (Å²) in [5, 5.41) is 21.2. The van der Waals surface area contributed by atoms with E-state index in [0.717, 1.165) is 17.8 Å². The van der Waals surface area contributed by atoms with Crippen molar-refractivity contribution in [3.63, 3.8) is 0 Å². The number of aliphatic hydroxyl groups is 2. The molecule has 36 heavy (non-hydrogen) atoms. The minimum absolute atomic E-state index is 0.00717. The zero-order valence-corrected chi connectivity index (χ0v) is 20.2. The molecule has 7 nitrogen and oxygen atoms in total. The number of hydrogen-bond acceptors (Lipinski definition) is 6. The molecule has 3 atom stereocenters. The molecular weight excluding hydrogens is 470 g/mol. The maximum Gasteiger partial charge on any atom is 0.340 e. The van der Waals surface area contributed by atoms with Crippen molar-refractivity contribution in [2.75, 3.05) is 0 Å². The standard InChI is InChI=1S/C27H30F2N2O5/c1-27(2,35)11-10-18(25(30)33)14-21(32)22(12-16-6-4-3-5-7-16)36-26(34)19-13-17-8-9-20(28)23(29)24(17)31-15-19/h3-9,13,15,18,21-22,32,35H,10-12,14H2,1-2H3,(H2,30,33)/t18-,21+,22+/m1/s1. The lowest BCUT2D eigenvalue weighted by atomic mass is 9.88. The number of rotatable bonds is 11. The number of nitrogens with zero attached hydrogens (tertiary/aromatic N) is 1. The monoisotopic (exact) mass is 500 g/mol. The van der Waals surface area contributed by atoms with Gasteiger partial charge in [0.25, 0.3) is 0 Å². The molecule has 0 bridgehead atoms. The number of halogens is 2. The van der Waals surface area contributed by atoms with Gasteiger partial charge in [-0.05, 0) is 56.9 Å². The van der Waals surface area contributed by atoms with Crippen LogP contribution in [0.1, 0.15) is 49.0 Å². The van der Waals surface area contributed by atoms with Crippen molar-refractivity contribution in [2.45, 2.75) is 57.3 Å². The number of ether oxygens (including phenoxy) is 1. The average molecular weight is 501 g/mol. The summed E-state index contributed by atoms with van der Waals surface area (Å²) >= 11 is 0. The van der Waals surface area contributed by atoms with Crippen molar-refractivity contribution in [3.05, 3.63) is 77.5 Å². The van der Waals surface area contributed by atoms with Crippen molar-refractivity contribution in [3.8, 4) is 0 Å². The Morgan fingerprint density at radius 1 is 1.14 bits per heavy atom. The van der Waals surface area contributed by atoms with Crippen LogP contribution in [0.5, 0.6) is 0 Å². The summed E-state index contributed by atoms with van der Waals surface area (Å²) < 4.78 is 33.1. The quantitative estimate of drug-likeness (QED) is 0.345. The number of primary amides is 1. The maximum atomic E-state index is 14.0. The Labute approximate surface area is 207 Å². The number of hydrogen-bond donors (Lipinski definition) is 3. The first-order valence-corrected chi connectivity index (χ1v) is 11.6. The summed E-state index contributed by atoms with van der Waals surface area (Å²) in [6.45, 7) is 3.22. The third-order valence-corrected chi connectivity index (χ3v) is 5.98. The Morgan fingerprint density at radius 3 is 2.47 bits per heavy atom. The Kier molecular flexibility index (Phi) is 8.70. The molecule has 0 spiro atoms. The first-order valence-electron chi connectivity index (χ1n) is 11.6. The van der Waals surface area contributed by atoms with Gasteiger partial charge < -0.3 is 20.7 Å². The summed E-state index contributed by atoms with van der Waals surface area (Å²) in [6.07, 6.45) is -0.579. The van der Waals surface area contributed by atoms with E-state index in [4.69, 9.17) is 10.5 Å². The smallest absolute Gasteiger partial charge is 0.340 e. The fourth-order valence-electron chi connectivity index (χ4n) is 3.91. The van der Waals surface area contributed by atoms with Gasteiger partial charge in [-0.1, -0.05) is 30.3 Å². The van der Waals surface area contributed by atoms with Gasteiger partial charge in [0, 0.05) is 23.9 Å². The maximum absolute atomic E-state index is 14.0. The minimum Gasteiger partial charge on any atom is -0.456 e. The molecule has 1 heterocycles. The molecule has 3 rings (SSSR count). The highest BCUT2D eigenvalue weighted by molar-refractivity contribution is 5.93. The van der Waals surface area contributed by atoms with Crippen LogP contribution < -0.4 is 5.73 Å². The number of carbonyl (C=O) groups is 2. The highest BCUT2D eigenvalue weighted by Crippen LogP contribution is 2.24. The van der Waals surface area contributed by atoms with Crippen molar-refractivity contribution in [1.29, 1.82) is 0 Å². The van der Waals surface area contributed by atoms with Gasteiger partial charge in [-0.2, -0.15) is 0 Å². The Hall–Kier alpha value is -3.43. The van der Waals surface area contributed by atoms with E-state index in [1.54, 1.807) is 26.0 Å². The number of aliphatic hydroxyl groups excluding tert-OH is 1. The van der Waals surface area contributed by atoms with Crippen LogP contribution in [-0.4, -0.2) is 44.9 Å². The first-order chi connectivity index (χ1) is 16.9. The zero-order chi connectivity index (χ0) is 26.5. The molecule has 0 aliphatic rings. The molecule has 0 unspecified atom stereocenters. The van der Waals surface area contributed by atoms with E-state index in [1.165, 1.54) is 12.1 Å². The van der Waals surface area contributed by atoms with Crippen LogP contribution in [0.25, 0.3) is 10.9 Å². The second-order valence-electron chi connectivity index (χ2n) is 9.54. The number of benzene rings is 2. The molecule has 0 saturated heterocycles. The van der Waals surface area contributed by atoms with Crippen molar-refractivity contribution in [1.82, 2.24) is 4.98 Å². The van der Waals surface area contributed by atoms with E-state index in [-0.39, 0.29) is 42.1 Å². The number of carbonyl (C=O) groups excluding carboxylic acids is 2. The van der Waals surface area contributed by atoms with Crippen LogP contribution >= 0.6 is 0 Å². The normalized spacial score (nSPS) is 14.3. The number of fused-ring (bicyclic) bond motifs is 1. The third kappa shape index (κ3) is 7.29. The highest BCUT2D eigenvalue weighted by Gasteiger charge is 2.30. The van der Waals surface area contributed by atoms with Crippen molar-refractivity contribution in [2.24, 2.45) is 11.7 Å². The van der Waals surface area contributed by atoms with E-state index in [2.05, 4.69) is 4.98 Å². The molecule has 0 aliphatic heterocycles. The minimum atomic E-state index is -1.24. The lowest BCUT2D eigenvalue weighted by Crippen LogP contribution is -2.38. The van der Waals surface area contributed by atoms with Gasteiger partial charge in [-0.15, -0.1) is 0 Å². The lowest BCUT2D eigenvalue weighted by Gasteiger charge is -2.27. The number of nitrogens with two attached hydrogens (primary N) is 1. The molecule has 0 fully saturated rings. The van der Waals surface area contributed by atoms with Crippen molar-refractivity contribution >= 4 is 22.8 Å². The van der Waals surface area contributed by atoms with E-state index in [9.17, 15) is 28.6 Å². The predicted octanol–water partition coefficient (Wildman–Crippen LogP) is 3.68. The molecule has 192 valence electrons. The van der Waals surface area contributed by atoms with Gasteiger partial charge in [0.15, 0.2) is 11.6 Å². The second-order valence-corrected chi connectivity index (χ2v) is 9.54. The molecule has 1 amide bonds. The van der Waals surface area contributed by atoms with Crippen LogP contribution in [0.15, 0.2) is 54.7 Å². The van der Waals surface area contributed by atoms with Gasteiger partial charge >= 0.3 is 5.97 Å². The molecule has 2 aromatic carbocycles. The molecule has 0 saturated carbocycles. The van der Waals surface area contributed by atoms with Gasteiger partial charge in [-0.25, -0.2) is 13.6 Å². The summed E-state index contributed by atoms with van der Waals surface area (Å²) in [6, 6.07) is 12.6. The molecule has 4 N–H and O–H groups in total. The molecule has 3 aromatic rings. The Morgan fingerprint density at radius 2 is 1.83 bits per heavy atom. The number of esters is 1. The topological polar surface area (TPSA) is 123 Å². The van der Waals surface area contributed by atoms with Gasteiger partial charge in [0.2, 0.25) is 5.91 Å². The molecule has 9 heteroatoms. The first kappa shape index (κ1) is 27.2. The summed E-state index contributed by atoms with van der Waals surface area (Å²) in [7, 11) is 0. The number of aromatic nitrogens is 1. The molecule has 0 radical (unpaired) electrons. The lowest BCUT2D eigenvalue weighted by molar-refractivity contribution is -0.124. The predicted molar refractivity (Wildman–Crippen MR) is 130 cm³/mol. The van der Waals surface area contributed by atoms with Crippen LogP contribution in [0, 0.1) is 17.6 Å². The van der Waals surface area contributed by atoms with Crippen LogP contribution in [-0.2, 0) is 16.0 Å². The fraction of sp³-hybridized carbons (Fsp3) is 0.370. The van der Waals surface area contributed by atoms with Gasteiger partial charge in [0.05, 0.1) is 17.3 Å². The van der Waals surface area contributed by atoms with Crippen molar-refractivity contribution < 1.29 is 33.3 Å². The Bertz CT molecular complexity index is 1210. The van der Waals surface area contributed by atoms with Gasteiger partial charge in [-0.3, -0.25) is 9.78 Å². The van der Waals surface area contributed by atoms with Crippen LogP contribution in [0.2, 0.25) is 0 Å². The highest BCUT2D eigenvalue weighted by atomic mass is 19.2. The molecule has 1 aromatic heterocycles. The summed E-state index contributed by atoms with van der Waals surface area (Å²) in [5.74, 6) is -4.36. The fourth-order valence-corrected chi connectivity index (χ4v) is 3.91. The Balaban J connectivity index is 1.82. The third-order valence-electron chi connectivity index (χ3n) is 5.98. The van der Waals surface area contributed by atoms with E-state index in [0.29, 0.717) is 0 Å². The van der Waals surface area contributed by atoms with Gasteiger partial charge in [0.1, 0.15) is 11.6 Å². The number of amides is 1. The summed E-state index contributed by atoms with van der Waals surface area (Å²) in [5.41, 5.74) is 5.08. The SMILES string of the molecule is CC(C)(O)CC[C@H](C[C@H](O)[C@H](Cc1ccccc1)OC(=O)c1cnc2c(F)c(F)ccc2c1)C(N)=O. The molecular formula is C27H30F2N2O5. The van der Waals surface area contributed by atoms with Crippen LogP contribution in [0.3, 0.4) is 0 Å². The van der Waals surface area contributed by atoms with E-state index in [1.807, 2.05) is 18.2 Å². The van der Waals surface area contributed by atoms with E-state index >= 15 is 0 Å².